The second-order valence-corrected chi connectivity index (χ2v) is 4.54. The van der Waals surface area contributed by atoms with Crippen LogP contribution in [0.1, 0.15) is 19.3 Å². The summed E-state index contributed by atoms with van der Waals surface area (Å²) in [5, 5.41) is 10.0. The minimum absolute atomic E-state index is 0.374. The third-order valence-corrected chi connectivity index (χ3v) is 3.50. The maximum Gasteiger partial charge on any atom is 0.116 e. The van der Waals surface area contributed by atoms with Gasteiger partial charge in [0.05, 0.1) is 0 Å². The Labute approximate surface area is 76.8 Å². The Kier molecular flexibility index (Phi) is 2.26. The highest BCUT2D eigenvalue weighted by Crippen LogP contribution is 2.36. The van der Waals surface area contributed by atoms with Crippen molar-refractivity contribution < 1.29 is 5.11 Å². The molecule has 1 N–H and O–H groups in total. The molecule has 1 fully saturated rings. The Hall–Kier alpha value is -0.630. The van der Waals surface area contributed by atoms with Crippen molar-refractivity contribution in [1.82, 2.24) is 0 Å². The van der Waals surface area contributed by atoms with E-state index in [-0.39, 0.29) is 0 Å². The van der Waals surface area contributed by atoms with Gasteiger partial charge in [0.25, 0.3) is 0 Å². The molecule has 2 rings (SSSR count). The zero-order valence-electron chi connectivity index (χ0n) is 6.86. The van der Waals surface area contributed by atoms with Crippen LogP contribution < -0.4 is 0 Å². The molecular weight excluding hydrogens is 168 g/mol. The first-order valence-electron chi connectivity index (χ1n) is 4.30. The van der Waals surface area contributed by atoms with Gasteiger partial charge < -0.3 is 5.11 Å². The third-order valence-electron chi connectivity index (χ3n) is 2.17. The van der Waals surface area contributed by atoms with Crippen LogP contribution in [0.2, 0.25) is 0 Å². The van der Waals surface area contributed by atoms with Crippen LogP contribution in [0.3, 0.4) is 0 Å². The lowest BCUT2D eigenvalue weighted by atomic mass is 10.0. The standard InChI is InChI=1S/C10H12OS/c11-8-3-1-6-10(7-8)12-9-4-2-5-9/h1,3,6-7,9,11H,2,4-5H2. The van der Waals surface area contributed by atoms with E-state index in [4.69, 9.17) is 0 Å². The summed E-state index contributed by atoms with van der Waals surface area (Å²) in [4.78, 5) is 1.19. The van der Waals surface area contributed by atoms with Crippen LogP contribution in [-0.2, 0) is 0 Å². The second-order valence-electron chi connectivity index (χ2n) is 3.17. The fourth-order valence-electron chi connectivity index (χ4n) is 1.24. The summed E-state index contributed by atoms with van der Waals surface area (Å²) in [6.45, 7) is 0. The maximum atomic E-state index is 9.20. The van der Waals surface area contributed by atoms with Crippen LogP contribution in [0, 0.1) is 0 Å². The monoisotopic (exact) mass is 180 g/mol. The number of hydrogen-bond acceptors (Lipinski definition) is 2. The topological polar surface area (TPSA) is 20.2 Å². The minimum Gasteiger partial charge on any atom is -0.508 e. The summed E-state index contributed by atoms with van der Waals surface area (Å²) in [6, 6.07) is 7.51. The molecule has 1 nitrogen and oxygen atoms in total. The number of hydrogen-bond donors (Lipinski definition) is 1. The fourth-order valence-corrected chi connectivity index (χ4v) is 2.54. The van der Waals surface area contributed by atoms with Gasteiger partial charge in [0, 0.05) is 10.1 Å². The second kappa shape index (κ2) is 3.40. The predicted molar refractivity (Wildman–Crippen MR) is 51.6 cm³/mol. The smallest absolute Gasteiger partial charge is 0.116 e. The number of benzene rings is 1. The van der Waals surface area contributed by atoms with E-state index in [1.807, 2.05) is 23.9 Å². The molecule has 1 aliphatic rings. The van der Waals surface area contributed by atoms with Gasteiger partial charge in [0.1, 0.15) is 5.75 Å². The molecule has 12 heavy (non-hydrogen) atoms. The summed E-state index contributed by atoms with van der Waals surface area (Å²) in [6.07, 6.45) is 4.04. The summed E-state index contributed by atoms with van der Waals surface area (Å²) in [7, 11) is 0. The van der Waals surface area contributed by atoms with Crippen molar-refractivity contribution >= 4 is 11.8 Å². The quantitative estimate of drug-likeness (QED) is 0.755. The average molecular weight is 180 g/mol. The molecule has 0 unspecified atom stereocenters. The van der Waals surface area contributed by atoms with Crippen LogP contribution in [-0.4, -0.2) is 10.4 Å². The van der Waals surface area contributed by atoms with Gasteiger partial charge in [0.15, 0.2) is 0 Å². The molecule has 0 spiro atoms. The molecule has 0 amide bonds. The lowest BCUT2D eigenvalue weighted by molar-refractivity contribution is 0.473. The Bertz CT molecular complexity index is 268. The van der Waals surface area contributed by atoms with Gasteiger partial charge in [-0.05, 0) is 31.0 Å². The Morgan fingerprint density at radius 2 is 2.17 bits per heavy atom. The normalized spacial score (nSPS) is 17.3. The van der Waals surface area contributed by atoms with Gasteiger partial charge in [-0.15, -0.1) is 11.8 Å². The van der Waals surface area contributed by atoms with Crippen molar-refractivity contribution in [2.45, 2.75) is 29.4 Å². The molecule has 0 bridgehead atoms. The van der Waals surface area contributed by atoms with Crippen molar-refractivity contribution in [2.24, 2.45) is 0 Å². The lowest BCUT2D eigenvalue weighted by Gasteiger charge is -2.24. The van der Waals surface area contributed by atoms with E-state index in [9.17, 15) is 5.11 Å². The van der Waals surface area contributed by atoms with Crippen molar-refractivity contribution in [2.75, 3.05) is 0 Å². The first-order chi connectivity index (χ1) is 5.84. The van der Waals surface area contributed by atoms with Crippen LogP contribution in [0.15, 0.2) is 29.2 Å². The molecule has 2 heteroatoms. The van der Waals surface area contributed by atoms with Crippen molar-refractivity contribution in [3.8, 4) is 5.75 Å². The van der Waals surface area contributed by atoms with Gasteiger partial charge >= 0.3 is 0 Å². The first-order valence-corrected chi connectivity index (χ1v) is 5.18. The summed E-state index contributed by atoms with van der Waals surface area (Å²) >= 11 is 1.88. The lowest BCUT2D eigenvalue weighted by Crippen LogP contribution is -2.12. The Morgan fingerprint density at radius 1 is 1.33 bits per heavy atom. The van der Waals surface area contributed by atoms with Crippen molar-refractivity contribution in [3.05, 3.63) is 24.3 Å². The number of rotatable bonds is 2. The van der Waals surface area contributed by atoms with E-state index < -0.39 is 0 Å². The molecule has 0 atom stereocenters. The van der Waals surface area contributed by atoms with Gasteiger partial charge in [-0.1, -0.05) is 12.5 Å². The molecule has 1 saturated carbocycles. The average Bonchev–Trinajstić information content (AvgIpc) is 1.97. The molecule has 1 aromatic rings. The fraction of sp³-hybridized carbons (Fsp3) is 0.400. The third kappa shape index (κ3) is 1.75. The summed E-state index contributed by atoms with van der Waals surface area (Å²) in [5.74, 6) is 0.374. The first kappa shape index (κ1) is 7.99. The van der Waals surface area contributed by atoms with Gasteiger partial charge in [-0.3, -0.25) is 0 Å². The van der Waals surface area contributed by atoms with E-state index in [1.54, 1.807) is 6.07 Å². The van der Waals surface area contributed by atoms with Crippen molar-refractivity contribution in [3.63, 3.8) is 0 Å². The van der Waals surface area contributed by atoms with E-state index in [0.717, 1.165) is 5.25 Å². The maximum absolute atomic E-state index is 9.20. The van der Waals surface area contributed by atoms with Gasteiger partial charge in [-0.2, -0.15) is 0 Å². The van der Waals surface area contributed by atoms with E-state index >= 15 is 0 Å². The van der Waals surface area contributed by atoms with E-state index in [0.29, 0.717) is 5.75 Å². The summed E-state index contributed by atoms with van der Waals surface area (Å²) < 4.78 is 0. The molecule has 0 radical (unpaired) electrons. The van der Waals surface area contributed by atoms with E-state index in [1.165, 1.54) is 24.2 Å². The minimum atomic E-state index is 0.374. The highest BCUT2D eigenvalue weighted by atomic mass is 32.2. The number of aromatic hydroxyl groups is 1. The Morgan fingerprint density at radius 3 is 2.75 bits per heavy atom. The van der Waals surface area contributed by atoms with Crippen LogP contribution in [0.5, 0.6) is 5.75 Å². The molecule has 0 saturated heterocycles. The van der Waals surface area contributed by atoms with E-state index in [2.05, 4.69) is 6.07 Å². The zero-order valence-corrected chi connectivity index (χ0v) is 7.68. The highest BCUT2D eigenvalue weighted by molar-refractivity contribution is 8.00. The zero-order chi connectivity index (χ0) is 8.39. The van der Waals surface area contributed by atoms with Gasteiger partial charge in [0.2, 0.25) is 0 Å². The predicted octanol–water partition coefficient (Wildman–Crippen LogP) is 3.04. The molecule has 1 aliphatic carbocycles. The number of phenols is 1. The number of thioether (sulfide) groups is 1. The molecule has 0 aliphatic heterocycles. The molecular formula is C10H12OS. The van der Waals surface area contributed by atoms with Crippen LogP contribution in [0.25, 0.3) is 0 Å². The van der Waals surface area contributed by atoms with Crippen LogP contribution >= 0.6 is 11.8 Å². The van der Waals surface area contributed by atoms with Crippen molar-refractivity contribution in [1.29, 1.82) is 0 Å². The largest absolute Gasteiger partial charge is 0.508 e. The Balaban J connectivity index is 2.02. The molecule has 64 valence electrons. The summed E-state index contributed by atoms with van der Waals surface area (Å²) in [5.41, 5.74) is 0. The highest BCUT2D eigenvalue weighted by Gasteiger charge is 2.18. The van der Waals surface area contributed by atoms with Gasteiger partial charge in [-0.25, -0.2) is 0 Å². The SMILES string of the molecule is Oc1cccc(SC2CCC2)c1. The molecule has 1 aromatic carbocycles. The van der Waals surface area contributed by atoms with Crippen LogP contribution in [0.4, 0.5) is 0 Å². The molecule has 0 aromatic heterocycles. The number of phenolic OH excluding ortho intramolecular Hbond substituents is 1. The molecule has 0 heterocycles.